The maximum absolute atomic E-state index is 3.22. The van der Waals surface area contributed by atoms with Gasteiger partial charge >= 0.3 is 0 Å². The predicted octanol–water partition coefficient (Wildman–Crippen LogP) is 8.59. The normalized spacial score (nSPS) is 5.19. The Hall–Kier alpha value is 0.534. The monoisotopic (exact) mass is 448 g/mol. The van der Waals surface area contributed by atoms with Crippen molar-refractivity contribution in [1.82, 2.24) is 0 Å². The number of rotatable bonds is 1. The van der Waals surface area contributed by atoms with Crippen LogP contribution in [0.15, 0.2) is 30.3 Å². The molecule has 0 spiro atoms. The van der Waals surface area contributed by atoms with E-state index in [1.165, 1.54) is 5.56 Å². The first-order chi connectivity index (χ1) is 9.93. The summed E-state index contributed by atoms with van der Waals surface area (Å²) in [6, 6.07) is 10.5. The Morgan fingerprint density at radius 2 is 0.905 bits per heavy atom. The average Bonchev–Trinajstić information content (AvgIpc) is 2.66. The molecule has 1 rings (SSSR count). The summed E-state index contributed by atoms with van der Waals surface area (Å²) >= 11 is 1.90. The van der Waals surface area contributed by atoms with Crippen molar-refractivity contribution in [2.45, 2.75) is 82.6 Å². The zero-order valence-electron chi connectivity index (χ0n) is 16.6. The maximum Gasteiger partial charge on any atom is 0 e. The zero-order chi connectivity index (χ0) is 17.8. The molecule has 0 saturated carbocycles. The van der Waals surface area contributed by atoms with Gasteiger partial charge in [0.15, 0.2) is 0 Å². The molecule has 0 nitrogen and oxygen atoms in total. The van der Waals surface area contributed by atoms with E-state index in [4.69, 9.17) is 0 Å². The van der Waals surface area contributed by atoms with Crippen molar-refractivity contribution in [2.75, 3.05) is 0 Å². The summed E-state index contributed by atoms with van der Waals surface area (Å²) < 4.78 is 0. The molecule has 21 heavy (non-hydrogen) atoms. The summed E-state index contributed by atoms with van der Waals surface area (Å²) in [7, 11) is 0. The molecular formula is C19H42IV-. The van der Waals surface area contributed by atoms with Crippen molar-refractivity contribution in [3.8, 4) is 0 Å². The minimum Gasteiger partial charge on any atom is -0.319 e. The molecular weight excluding hydrogens is 406 g/mol. The Kier molecular flexibility index (Phi) is 176. The molecule has 0 bridgehead atoms. The number of benzene rings is 1. The van der Waals surface area contributed by atoms with Crippen LogP contribution in [0.2, 0.25) is 0 Å². The van der Waals surface area contributed by atoms with Gasteiger partial charge in [0.25, 0.3) is 0 Å². The quantitative estimate of drug-likeness (QED) is 0.298. The second-order valence-corrected chi connectivity index (χ2v) is 1.84. The van der Waals surface area contributed by atoms with Crippen molar-refractivity contribution < 1.29 is 18.6 Å². The van der Waals surface area contributed by atoms with E-state index < -0.39 is 0 Å². The third-order valence-electron chi connectivity index (χ3n) is 1.25. The van der Waals surface area contributed by atoms with Gasteiger partial charge in [-0.15, -0.1) is 0 Å². The molecule has 0 atom stereocenters. The van der Waals surface area contributed by atoms with E-state index in [2.05, 4.69) is 36.1 Å². The predicted molar refractivity (Wildman–Crippen MR) is 112 cm³/mol. The van der Waals surface area contributed by atoms with Crippen LogP contribution >= 0.6 is 22.6 Å². The fourth-order valence-corrected chi connectivity index (χ4v) is 0.714. The summed E-state index contributed by atoms with van der Waals surface area (Å²) in [5, 5.41) is 0. The third kappa shape index (κ3) is 63.6. The summed E-state index contributed by atoms with van der Waals surface area (Å²) in [6.45, 7) is 22.2. The second kappa shape index (κ2) is 86.2. The molecule has 0 unspecified atom stereocenters. The van der Waals surface area contributed by atoms with Crippen LogP contribution in [-0.2, 0) is 25.0 Å². The first-order valence-electron chi connectivity index (χ1n) is 8.24. The van der Waals surface area contributed by atoms with Gasteiger partial charge in [0.2, 0.25) is 0 Å². The van der Waals surface area contributed by atoms with Crippen molar-refractivity contribution >= 4 is 22.6 Å². The topological polar surface area (TPSA) is 0 Å². The Morgan fingerprint density at radius 1 is 0.667 bits per heavy atom. The molecule has 0 aromatic heterocycles. The van der Waals surface area contributed by atoms with Crippen LogP contribution in [0.25, 0.3) is 0 Å². The molecule has 0 N–H and O–H groups in total. The second-order valence-electron chi connectivity index (χ2n) is 1.84. The van der Waals surface area contributed by atoms with E-state index in [0.29, 0.717) is 0 Å². The molecule has 0 aliphatic rings. The zero-order valence-corrected chi connectivity index (χ0v) is 20.2. The maximum atomic E-state index is 3.22. The van der Waals surface area contributed by atoms with Gasteiger partial charge in [0.05, 0.1) is 0 Å². The van der Waals surface area contributed by atoms with Crippen LogP contribution < -0.4 is 0 Å². The molecule has 0 heterocycles. The molecule has 1 aromatic rings. The molecule has 0 fully saturated rings. The van der Waals surface area contributed by atoms with Crippen LogP contribution in [0.4, 0.5) is 0 Å². The molecule has 1 radical (unpaired) electrons. The molecule has 1 aromatic carbocycles. The minimum atomic E-state index is 0. The van der Waals surface area contributed by atoms with E-state index >= 15 is 0 Å². The van der Waals surface area contributed by atoms with Gasteiger partial charge < -0.3 is 22.6 Å². The largest absolute Gasteiger partial charge is 0.319 e. The van der Waals surface area contributed by atoms with E-state index in [-0.39, 0.29) is 18.6 Å². The van der Waals surface area contributed by atoms with Gasteiger partial charge in [0, 0.05) is 18.6 Å². The van der Waals surface area contributed by atoms with Gasteiger partial charge in [-0.3, -0.25) is 4.93 Å². The smallest absolute Gasteiger partial charge is 0 e. The fourth-order valence-electron chi connectivity index (χ4n) is 0.714. The number of aryl methyl sites for hydroxylation is 1. The number of halogens is 1. The summed E-state index contributed by atoms with van der Waals surface area (Å²) in [5.41, 5.74) is 1.41. The van der Waals surface area contributed by atoms with E-state index in [9.17, 15) is 0 Å². The fraction of sp³-hybridized carbons (Fsp3) is 0.632. The average molecular weight is 448 g/mol. The van der Waals surface area contributed by atoms with Gasteiger partial charge in [-0.2, -0.15) is 0 Å². The standard InChI is InChI=1S/C8H10.5C2H6.CH2I.V/c1-2-8-6-4-3-5-7-8;6*1-2;/h3-7H,2H2,1H3;5*1-2H3;1H2;/q;;;;;;-1;. The van der Waals surface area contributed by atoms with Crippen LogP contribution in [0.3, 0.4) is 0 Å². The van der Waals surface area contributed by atoms with Gasteiger partial charge in [0.1, 0.15) is 0 Å². The van der Waals surface area contributed by atoms with E-state index in [1.807, 2.05) is 97.9 Å². The van der Waals surface area contributed by atoms with Crippen molar-refractivity contribution in [1.29, 1.82) is 0 Å². The molecule has 2 heteroatoms. The van der Waals surface area contributed by atoms with Crippen LogP contribution in [0, 0.1) is 4.93 Å². The minimum absolute atomic E-state index is 0. The number of hydrogen-bond donors (Lipinski definition) is 0. The SMILES string of the molecule is CC.CC.CC.CC.CC.CCc1ccccc1.[CH2-]I.[V]. The molecule has 0 aliphatic carbocycles. The molecule has 0 amide bonds. The van der Waals surface area contributed by atoms with E-state index in [1.54, 1.807) is 0 Å². The summed E-state index contributed by atoms with van der Waals surface area (Å²) in [5.74, 6) is 0. The summed E-state index contributed by atoms with van der Waals surface area (Å²) in [6.07, 6.45) is 1.14. The van der Waals surface area contributed by atoms with Crippen LogP contribution in [0.5, 0.6) is 0 Å². The van der Waals surface area contributed by atoms with Crippen molar-refractivity contribution in [3.05, 3.63) is 40.8 Å². The Morgan fingerprint density at radius 3 is 1.05 bits per heavy atom. The summed E-state index contributed by atoms with van der Waals surface area (Å²) in [4.78, 5) is 3.22. The van der Waals surface area contributed by atoms with Gasteiger partial charge in [-0.05, 0) is 12.0 Å². The van der Waals surface area contributed by atoms with Gasteiger partial charge in [-0.25, -0.2) is 0 Å². The van der Waals surface area contributed by atoms with Crippen LogP contribution in [-0.4, -0.2) is 0 Å². The third-order valence-corrected chi connectivity index (χ3v) is 1.25. The van der Waals surface area contributed by atoms with Gasteiger partial charge in [-0.1, -0.05) is 106 Å². The van der Waals surface area contributed by atoms with Crippen molar-refractivity contribution in [3.63, 3.8) is 0 Å². The Balaban J connectivity index is -0.0000000261. The van der Waals surface area contributed by atoms with Crippen molar-refractivity contribution in [2.24, 2.45) is 0 Å². The Labute approximate surface area is 163 Å². The molecule has 0 aliphatic heterocycles. The molecule has 131 valence electrons. The first-order valence-corrected chi connectivity index (χ1v) is 9.76. The van der Waals surface area contributed by atoms with Crippen LogP contribution in [0.1, 0.15) is 81.7 Å². The number of hydrogen-bond acceptors (Lipinski definition) is 0. The first kappa shape index (κ1) is 43.0. The van der Waals surface area contributed by atoms with E-state index in [0.717, 1.165) is 6.42 Å². The Bertz CT molecular complexity index is 153. The molecule has 0 saturated heterocycles.